The van der Waals surface area contributed by atoms with Gasteiger partial charge in [-0.3, -0.25) is 4.79 Å². The minimum Gasteiger partial charge on any atom is -0.467 e. The number of rotatable bonds is 6. The Hall–Kier alpha value is -0.750. The van der Waals surface area contributed by atoms with Crippen molar-refractivity contribution in [3.63, 3.8) is 0 Å². The van der Waals surface area contributed by atoms with Crippen molar-refractivity contribution in [1.29, 1.82) is 0 Å². The number of hydrogen-bond donors (Lipinski definition) is 2. The molecule has 0 aliphatic heterocycles. The largest absolute Gasteiger partial charge is 0.467 e. The number of nitrogens with two attached hydrogens (primary N) is 1. The third-order valence-electron chi connectivity index (χ3n) is 1.88. The zero-order chi connectivity index (χ0) is 11.8. The number of ether oxygens (including phenoxy) is 1. The molecule has 6 heteroatoms. The maximum absolute atomic E-state index is 11.4. The predicted octanol–water partition coefficient (Wildman–Crippen LogP) is -0.255. The number of esters is 1. The number of carbonyl (C=O) groups excluding carboxylic acids is 2. The van der Waals surface area contributed by atoms with Crippen molar-refractivity contribution in [3.8, 4) is 0 Å². The van der Waals surface area contributed by atoms with Crippen LogP contribution in [0.15, 0.2) is 0 Å². The minimum absolute atomic E-state index is 0.318. The van der Waals surface area contributed by atoms with E-state index in [2.05, 4.69) is 10.1 Å². The summed E-state index contributed by atoms with van der Waals surface area (Å²) < 4.78 is 4.48. The van der Waals surface area contributed by atoms with Crippen LogP contribution in [-0.4, -0.2) is 43.1 Å². The fourth-order valence-corrected chi connectivity index (χ4v) is 1.42. The van der Waals surface area contributed by atoms with Gasteiger partial charge in [0, 0.05) is 0 Å². The maximum atomic E-state index is 11.4. The van der Waals surface area contributed by atoms with Gasteiger partial charge in [0.1, 0.15) is 6.04 Å². The van der Waals surface area contributed by atoms with Crippen molar-refractivity contribution < 1.29 is 14.3 Å². The van der Waals surface area contributed by atoms with E-state index in [0.717, 1.165) is 5.75 Å². The summed E-state index contributed by atoms with van der Waals surface area (Å²) in [6, 6.07) is -1.22. The normalized spacial score (nSPS) is 14.1. The van der Waals surface area contributed by atoms with Gasteiger partial charge >= 0.3 is 5.97 Å². The van der Waals surface area contributed by atoms with Gasteiger partial charge in [0.15, 0.2) is 0 Å². The summed E-state index contributed by atoms with van der Waals surface area (Å²) in [7, 11) is 1.28. The molecule has 1 unspecified atom stereocenters. The first-order valence-corrected chi connectivity index (χ1v) is 6.05. The summed E-state index contributed by atoms with van der Waals surface area (Å²) in [4.78, 5) is 22.4. The Bertz CT molecular complexity index is 223. The van der Waals surface area contributed by atoms with E-state index in [1.807, 2.05) is 6.26 Å². The molecule has 0 fully saturated rings. The first-order chi connectivity index (χ1) is 7.02. The van der Waals surface area contributed by atoms with Gasteiger partial charge in [0.2, 0.25) is 5.91 Å². The van der Waals surface area contributed by atoms with Gasteiger partial charge in [-0.15, -0.1) is 0 Å². The van der Waals surface area contributed by atoms with Crippen LogP contribution in [0, 0.1) is 0 Å². The topological polar surface area (TPSA) is 81.4 Å². The van der Waals surface area contributed by atoms with E-state index in [4.69, 9.17) is 5.73 Å². The number of carbonyl (C=O) groups is 2. The predicted molar refractivity (Wildman–Crippen MR) is 60.6 cm³/mol. The van der Waals surface area contributed by atoms with Gasteiger partial charge in [-0.1, -0.05) is 0 Å². The van der Waals surface area contributed by atoms with Crippen molar-refractivity contribution in [1.82, 2.24) is 5.32 Å². The van der Waals surface area contributed by atoms with Crippen LogP contribution < -0.4 is 11.1 Å². The lowest BCUT2D eigenvalue weighted by Gasteiger charge is -2.15. The Kier molecular flexibility index (Phi) is 7.15. The first-order valence-electron chi connectivity index (χ1n) is 4.65. The van der Waals surface area contributed by atoms with Gasteiger partial charge < -0.3 is 15.8 Å². The molecule has 0 aliphatic carbocycles. The summed E-state index contributed by atoms with van der Waals surface area (Å²) >= 11 is 1.63. The van der Waals surface area contributed by atoms with E-state index in [1.54, 1.807) is 18.7 Å². The molecule has 0 saturated heterocycles. The molecule has 3 N–H and O–H groups in total. The third kappa shape index (κ3) is 5.64. The van der Waals surface area contributed by atoms with Crippen LogP contribution in [-0.2, 0) is 14.3 Å². The highest BCUT2D eigenvalue weighted by molar-refractivity contribution is 7.98. The van der Waals surface area contributed by atoms with E-state index in [0.29, 0.717) is 6.42 Å². The lowest BCUT2D eigenvalue weighted by atomic mass is 10.2. The highest BCUT2D eigenvalue weighted by Gasteiger charge is 2.19. The average molecular weight is 234 g/mol. The fraction of sp³-hybridized carbons (Fsp3) is 0.778. The van der Waals surface area contributed by atoms with E-state index >= 15 is 0 Å². The molecular formula is C9H18N2O3S. The average Bonchev–Trinajstić information content (AvgIpc) is 2.24. The van der Waals surface area contributed by atoms with Crippen LogP contribution in [0.3, 0.4) is 0 Å². The molecule has 2 atom stereocenters. The van der Waals surface area contributed by atoms with Crippen molar-refractivity contribution >= 4 is 23.6 Å². The highest BCUT2D eigenvalue weighted by Crippen LogP contribution is 1.99. The second-order valence-electron chi connectivity index (χ2n) is 3.14. The molecule has 0 saturated carbocycles. The van der Waals surface area contributed by atoms with Crippen molar-refractivity contribution in [2.24, 2.45) is 5.73 Å². The Labute approximate surface area is 94.1 Å². The van der Waals surface area contributed by atoms with E-state index in [9.17, 15) is 9.59 Å². The molecule has 5 nitrogen and oxygen atoms in total. The Morgan fingerprint density at radius 1 is 1.53 bits per heavy atom. The van der Waals surface area contributed by atoms with Gasteiger partial charge in [-0.2, -0.15) is 11.8 Å². The lowest BCUT2D eigenvalue weighted by molar-refractivity contribution is -0.144. The molecule has 0 spiro atoms. The van der Waals surface area contributed by atoms with E-state index in [-0.39, 0.29) is 5.91 Å². The minimum atomic E-state index is -0.650. The Morgan fingerprint density at radius 2 is 2.13 bits per heavy atom. The highest BCUT2D eigenvalue weighted by atomic mass is 32.2. The Balaban J connectivity index is 3.95. The molecule has 0 aromatic rings. The van der Waals surface area contributed by atoms with Crippen LogP contribution >= 0.6 is 11.8 Å². The molecule has 0 rings (SSSR count). The molecule has 0 radical (unpaired) electrons. The summed E-state index contributed by atoms with van der Waals surface area (Å²) in [5.41, 5.74) is 5.62. The van der Waals surface area contributed by atoms with Gasteiger partial charge in [-0.05, 0) is 25.4 Å². The second kappa shape index (κ2) is 7.53. The van der Waals surface area contributed by atoms with Crippen LogP contribution in [0.1, 0.15) is 13.3 Å². The third-order valence-corrected chi connectivity index (χ3v) is 2.53. The van der Waals surface area contributed by atoms with Crippen molar-refractivity contribution in [3.05, 3.63) is 0 Å². The quantitative estimate of drug-likeness (QED) is 0.619. The van der Waals surface area contributed by atoms with Crippen LogP contribution in [0.5, 0.6) is 0 Å². The Morgan fingerprint density at radius 3 is 2.60 bits per heavy atom. The molecule has 0 aromatic carbocycles. The molecule has 0 aliphatic rings. The van der Waals surface area contributed by atoms with Gasteiger partial charge in [-0.25, -0.2) is 4.79 Å². The standard InChI is InChI=1S/C9H18N2O3S/c1-6(9(13)14-2)11-8(12)7(10)4-5-15-3/h6-7H,4-5,10H2,1-3H3,(H,11,12)/t6?,7-/m1/s1. The SMILES string of the molecule is COC(=O)C(C)NC(=O)[C@H](N)CCSC. The van der Waals surface area contributed by atoms with Crippen LogP contribution in [0.2, 0.25) is 0 Å². The molecule has 1 amide bonds. The summed E-state index contributed by atoms with van der Waals surface area (Å²) in [6.07, 6.45) is 2.54. The van der Waals surface area contributed by atoms with E-state index in [1.165, 1.54) is 7.11 Å². The molecule has 0 aromatic heterocycles. The maximum Gasteiger partial charge on any atom is 0.328 e. The van der Waals surface area contributed by atoms with Crippen LogP contribution in [0.4, 0.5) is 0 Å². The number of thioether (sulfide) groups is 1. The summed E-state index contributed by atoms with van der Waals surface area (Å²) in [5.74, 6) is 0.0312. The van der Waals surface area contributed by atoms with Gasteiger partial charge in [0.25, 0.3) is 0 Å². The van der Waals surface area contributed by atoms with Crippen LogP contribution in [0.25, 0.3) is 0 Å². The molecule has 0 heterocycles. The monoisotopic (exact) mass is 234 g/mol. The molecule has 15 heavy (non-hydrogen) atoms. The fourth-order valence-electron chi connectivity index (χ4n) is 0.932. The smallest absolute Gasteiger partial charge is 0.328 e. The number of amides is 1. The summed E-state index contributed by atoms with van der Waals surface area (Å²) in [5, 5.41) is 2.49. The number of nitrogens with one attached hydrogen (secondary N) is 1. The molecule has 88 valence electrons. The van der Waals surface area contributed by atoms with Gasteiger partial charge in [0.05, 0.1) is 13.2 Å². The van der Waals surface area contributed by atoms with Crippen molar-refractivity contribution in [2.45, 2.75) is 25.4 Å². The molecule has 0 bridgehead atoms. The first kappa shape index (κ1) is 14.2. The molecular weight excluding hydrogens is 216 g/mol. The number of hydrogen-bond acceptors (Lipinski definition) is 5. The van der Waals surface area contributed by atoms with Crippen molar-refractivity contribution in [2.75, 3.05) is 19.1 Å². The van der Waals surface area contributed by atoms with E-state index < -0.39 is 18.1 Å². The zero-order valence-corrected chi connectivity index (χ0v) is 10.1. The lowest BCUT2D eigenvalue weighted by Crippen LogP contribution is -2.47. The number of methoxy groups -OCH3 is 1. The zero-order valence-electron chi connectivity index (χ0n) is 9.28. The second-order valence-corrected chi connectivity index (χ2v) is 4.13. The summed E-state index contributed by atoms with van der Waals surface area (Å²) in [6.45, 7) is 1.56.